The highest BCUT2D eigenvalue weighted by molar-refractivity contribution is 6.30. The maximum Gasteiger partial charge on any atom is 0.269 e. The third-order valence-corrected chi connectivity index (χ3v) is 6.11. The molecule has 0 unspecified atom stereocenters. The number of para-hydroxylation sites is 1. The van der Waals surface area contributed by atoms with Gasteiger partial charge in [-0.3, -0.25) is 19.5 Å². The number of nitrogens with zero attached hydrogens (tertiary/aromatic N) is 5. The number of halogens is 1. The van der Waals surface area contributed by atoms with Crippen molar-refractivity contribution < 1.29 is 4.92 Å². The average molecular weight is 522 g/mol. The van der Waals surface area contributed by atoms with Crippen molar-refractivity contribution in [2.24, 2.45) is 10.2 Å². The second-order valence-electron chi connectivity index (χ2n) is 8.46. The van der Waals surface area contributed by atoms with Gasteiger partial charge >= 0.3 is 0 Å². The Morgan fingerprint density at radius 2 is 1.58 bits per heavy atom. The molecule has 0 saturated carbocycles. The molecule has 5 rings (SSSR count). The number of hydrogen-bond acceptors (Lipinski definition) is 6. The number of nitro benzene ring substituents is 1. The molecule has 0 saturated heterocycles. The summed E-state index contributed by atoms with van der Waals surface area (Å²) in [5.74, 6) is 0.479. The molecule has 5 aromatic rings. The van der Waals surface area contributed by atoms with Crippen LogP contribution in [-0.4, -0.2) is 14.5 Å². The molecule has 0 atom stereocenters. The number of benzene rings is 4. The molecule has 0 aliphatic carbocycles. The quantitative estimate of drug-likeness (QED) is 0.129. The van der Waals surface area contributed by atoms with E-state index in [1.54, 1.807) is 41.0 Å². The SMILES string of the molecule is Cc1cc(N=Nc2ccc([N+](=O)[O-])cc2)ccc1-n1c(/C=C/c2ccc(Cl)cc2)nc2ccccc2c1=O. The maximum atomic E-state index is 13.6. The van der Waals surface area contributed by atoms with Crippen molar-refractivity contribution in [3.05, 3.63) is 133 Å². The molecule has 0 aliphatic rings. The molecule has 0 N–H and O–H groups in total. The molecule has 1 aromatic heterocycles. The van der Waals surface area contributed by atoms with E-state index in [0.717, 1.165) is 11.1 Å². The van der Waals surface area contributed by atoms with Gasteiger partial charge in [0.25, 0.3) is 11.2 Å². The smallest absolute Gasteiger partial charge is 0.268 e. The maximum absolute atomic E-state index is 13.6. The van der Waals surface area contributed by atoms with E-state index in [1.807, 2.05) is 49.4 Å². The van der Waals surface area contributed by atoms with Crippen LogP contribution in [0.3, 0.4) is 0 Å². The van der Waals surface area contributed by atoms with Gasteiger partial charge < -0.3 is 0 Å². The number of non-ortho nitro benzene ring substituents is 1. The Kier molecular flexibility index (Phi) is 6.88. The molecule has 0 radical (unpaired) electrons. The normalized spacial score (nSPS) is 11.5. The van der Waals surface area contributed by atoms with Crippen LogP contribution in [-0.2, 0) is 0 Å². The minimum atomic E-state index is -0.467. The third-order valence-electron chi connectivity index (χ3n) is 5.86. The van der Waals surface area contributed by atoms with Crippen LogP contribution in [0.25, 0.3) is 28.7 Å². The zero-order valence-corrected chi connectivity index (χ0v) is 20.9. The Bertz CT molecular complexity index is 1780. The average Bonchev–Trinajstić information content (AvgIpc) is 2.92. The Morgan fingerprint density at radius 3 is 2.29 bits per heavy atom. The van der Waals surface area contributed by atoms with Crippen LogP contribution in [0.15, 0.2) is 106 Å². The molecule has 0 bridgehead atoms. The summed E-state index contributed by atoms with van der Waals surface area (Å²) in [4.78, 5) is 28.7. The summed E-state index contributed by atoms with van der Waals surface area (Å²) in [6.45, 7) is 1.88. The number of fused-ring (bicyclic) bond motifs is 1. The van der Waals surface area contributed by atoms with Crippen molar-refractivity contribution in [3.63, 3.8) is 0 Å². The highest BCUT2D eigenvalue weighted by atomic mass is 35.5. The summed E-state index contributed by atoms with van der Waals surface area (Å²) >= 11 is 6.00. The molecule has 0 amide bonds. The lowest BCUT2D eigenvalue weighted by Gasteiger charge is -2.14. The largest absolute Gasteiger partial charge is 0.269 e. The van der Waals surface area contributed by atoms with Gasteiger partial charge in [0.05, 0.1) is 32.9 Å². The van der Waals surface area contributed by atoms with Gasteiger partial charge in [0.1, 0.15) is 5.82 Å². The van der Waals surface area contributed by atoms with Crippen molar-refractivity contribution in [2.75, 3.05) is 0 Å². The Balaban J connectivity index is 1.54. The molecule has 0 spiro atoms. The van der Waals surface area contributed by atoms with Crippen LogP contribution in [0.5, 0.6) is 0 Å². The van der Waals surface area contributed by atoms with E-state index in [2.05, 4.69) is 10.2 Å². The highest BCUT2D eigenvalue weighted by Gasteiger charge is 2.13. The minimum Gasteiger partial charge on any atom is -0.268 e. The predicted octanol–water partition coefficient (Wildman–Crippen LogP) is 7.84. The lowest BCUT2D eigenvalue weighted by Crippen LogP contribution is -2.23. The van der Waals surface area contributed by atoms with E-state index in [0.29, 0.717) is 38.8 Å². The van der Waals surface area contributed by atoms with Gasteiger partial charge in [-0.25, -0.2) is 4.98 Å². The van der Waals surface area contributed by atoms with Crippen LogP contribution in [0.1, 0.15) is 17.0 Å². The van der Waals surface area contributed by atoms with E-state index in [9.17, 15) is 14.9 Å². The number of nitro groups is 1. The molecular weight excluding hydrogens is 502 g/mol. The van der Waals surface area contributed by atoms with E-state index in [-0.39, 0.29) is 11.2 Å². The first-order valence-corrected chi connectivity index (χ1v) is 12.0. The van der Waals surface area contributed by atoms with Gasteiger partial charge in [0, 0.05) is 17.2 Å². The van der Waals surface area contributed by atoms with Crippen LogP contribution in [0.4, 0.5) is 17.1 Å². The van der Waals surface area contributed by atoms with E-state index in [1.165, 1.54) is 24.3 Å². The van der Waals surface area contributed by atoms with E-state index >= 15 is 0 Å². The van der Waals surface area contributed by atoms with Crippen molar-refractivity contribution >= 4 is 51.7 Å². The van der Waals surface area contributed by atoms with Gasteiger partial charge in [-0.2, -0.15) is 10.2 Å². The fourth-order valence-corrected chi connectivity index (χ4v) is 4.07. The molecular formula is C29H20ClN5O3. The standard InChI is InChI=1S/C29H20ClN5O3/c1-19-18-23(33-32-22-11-14-24(15-12-22)35(37)38)13-16-27(19)34-28(17-8-20-6-9-21(30)10-7-20)31-26-5-3-2-4-25(26)29(34)36/h2-18H,1H3/b17-8+,33-32?. The first kappa shape index (κ1) is 24.7. The molecule has 0 aliphatic heterocycles. The molecule has 8 nitrogen and oxygen atoms in total. The van der Waals surface area contributed by atoms with Crippen LogP contribution < -0.4 is 5.56 Å². The number of aromatic nitrogens is 2. The minimum absolute atomic E-state index is 0.0144. The monoisotopic (exact) mass is 521 g/mol. The lowest BCUT2D eigenvalue weighted by molar-refractivity contribution is -0.384. The van der Waals surface area contributed by atoms with E-state index in [4.69, 9.17) is 16.6 Å². The molecule has 4 aromatic carbocycles. The summed E-state index contributed by atoms with van der Waals surface area (Å²) in [5, 5.41) is 20.4. The van der Waals surface area contributed by atoms with Gasteiger partial charge in [-0.15, -0.1) is 0 Å². The Labute approximate surface area is 222 Å². The fraction of sp³-hybridized carbons (Fsp3) is 0.0345. The molecule has 1 heterocycles. The summed E-state index contributed by atoms with van der Waals surface area (Å²) in [5.41, 5.74) is 3.85. The second-order valence-corrected chi connectivity index (χ2v) is 8.89. The van der Waals surface area contributed by atoms with Gasteiger partial charge in [-0.05, 0) is 78.7 Å². The Hall–Kier alpha value is -4.95. The number of hydrogen-bond donors (Lipinski definition) is 0. The van der Waals surface area contributed by atoms with Gasteiger partial charge in [0.2, 0.25) is 0 Å². The first-order chi connectivity index (χ1) is 18.4. The van der Waals surface area contributed by atoms with Crippen LogP contribution in [0, 0.1) is 17.0 Å². The predicted molar refractivity (Wildman–Crippen MR) is 150 cm³/mol. The molecule has 38 heavy (non-hydrogen) atoms. The van der Waals surface area contributed by atoms with Crippen molar-refractivity contribution in [2.45, 2.75) is 6.92 Å². The van der Waals surface area contributed by atoms with Crippen LogP contribution in [0.2, 0.25) is 5.02 Å². The van der Waals surface area contributed by atoms with Crippen molar-refractivity contribution in [3.8, 4) is 5.69 Å². The van der Waals surface area contributed by atoms with Gasteiger partial charge in [-0.1, -0.05) is 41.9 Å². The Morgan fingerprint density at radius 1 is 0.895 bits per heavy atom. The summed E-state index contributed by atoms with van der Waals surface area (Å²) in [7, 11) is 0. The third kappa shape index (κ3) is 5.25. The topological polar surface area (TPSA) is 103 Å². The number of rotatable bonds is 6. The summed E-state index contributed by atoms with van der Waals surface area (Å²) < 4.78 is 1.58. The number of azo groups is 1. The zero-order valence-electron chi connectivity index (χ0n) is 20.2. The highest BCUT2D eigenvalue weighted by Crippen LogP contribution is 2.25. The van der Waals surface area contributed by atoms with Crippen molar-refractivity contribution in [1.29, 1.82) is 0 Å². The summed E-state index contributed by atoms with van der Waals surface area (Å²) in [6.07, 6.45) is 3.68. The van der Waals surface area contributed by atoms with E-state index < -0.39 is 4.92 Å². The molecule has 186 valence electrons. The van der Waals surface area contributed by atoms with Gasteiger partial charge in [0.15, 0.2) is 0 Å². The van der Waals surface area contributed by atoms with Crippen molar-refractivity contribution in [1.82, 2.24) is 9.55 Å². The number of aryl methyl sites for hydroxylation is 1. The second kappa shape index (κ2) is 10.6. The first-order valence-electron chi connectivity index (χ1n) is 11.6. The molecule has 0 fully saturated rings. The van der Waals surface area contributed by atoms with Crippen LogP contribution >= 0.6 is 11.6 Å². The lowest BCUT2D eigenvalue weighted by atomic mass is 10.1. The molecule has 9 heteroatoms. The fourth-order valence-electron chi connectivity index (χ4n) is 3.95. The summed E-state index contributed by atoms with van der Waals surface area (Å²) in [6, 6.07) is 25.8. The zero-order chi connectivity index (χ0) is 26.6.